The molecule has 148 valence electrons. The number of fused-ring (bicyclic) bond motifs is 1. The Morgan fingerprint density at radius 1 is 0.833 bits per heavy atom. The summed E-state index contributed by atoms with van der Waals surface area (Å²) < 4.78 is 5.83. The van der Waals surface area contributed by atoms with Gasteiger partial charge in [0.05, 0.1) is 0 Å². The molecule has 0 heterocycles. The summed E-state index contributed by atoms with van der Waals surface area (Å²) in [5.74, 6) is 0.507. The lowest BCUT2D eigenvalue weighted by Gasteiger charge is -2.10. The van der Waals surface area contributed by atoms with Crippen molar-refractivity contribution >= 4 is 28.2 Å². The van der Waals surface area contributed by atoms with Crippen molar-refractivity contribution in [1.29, 1.82) is 5.41 Å². The normalized spacial score (nSPS) is 10.5. The first-order valence-electron chi connectivity index (χ1n) is 9.55. The molecule has 0 spiro atoms. The molecule has 0 saturated carbocycles. The summed E-state index contributed by atoms with van der Waals surface area (Å²) in [4.78, 5) is 12.7. The summed E-state index contributed by atoms with van der Waals surface area (Å²) in [5.41, 5.74) is 8.50. The number of amides is 1. The molecule has 0 atom stereocenters. The van der Waals surface area contributed by atoms with Gasteiger partial charge in [0.25, 0.3) is 5.91 Å². The number of nitrogens with two attached hydrogens (primary N) is 1. The molecule has 0 unspecified atom stereocenters. The molecule has 0 aliphatic carbocycles. The monoisotopic (exact) mass is 395 g/mol. The van der Waals surface area contributed by atoms with Crippen LogP contribution in [-0.2, 0) is 6.61 Å². The van der Waals surface area contributed by atoms with Gasteiger partial charge in [-0.3, -0.25) is 10.2 Å². The number of hydrogen-bond acceptors (Lipinski definition) is 3. The maximum absolute atomic E-state index is 12.7. The summed E-state index contributed by atoms with van der Waals surface area (Å²) in [5, 5.41) is 12.3. The molecule has 4 aromatic carbocycles. The Morgan fingerprint density at radius 3 is 2.27 bits per heavy atom. The molecule has 0 aliphatic heterocycles. The maximum atomic E-state index is 12.7. The van der Waals surface area contributed by atoms with Crippen LogP contribution in [0.2, 0.25) is 0 Å². The van der Waals surface area contributed by atoms with E-state index in [0.29, 0.717) is 29.2 Å². The van der Waals surface area contributed by atoms with Crippen molar-refractivity contribution in [3.63, 3.8) is 0 Å². The summed E-state index contributed by atoms with van der Waals surface area (Å²) >= 11 is 0. The Morgan fingerprint density at radius 2 is 1.53 bits per heavy atom. The van der Waals surface area contributed by atoms with Crippen LogP contribution < -0.4 is 15.8 Å². The molecule has 0 saturated heterocycles. The largest absolute Gasteiger partial charge is 0.489 e. The van der Waals surface area contributed by atoms with E-state index in [-0.39, 0.29) is 11.7 Å². The molecular weight excluding hydrogens is 374 g/mol. The van der Waals surface area contributed by atoms with E-state index in [4.69, 9.17) is 15.9 Å². The van der Waals surface area contributed by atoms with Crippen molar-refractivity contribution in [2.75, 3.05) is 5.32 Å². The number of hydrogen-bond donors (Lipinski definition) is 3. The highest BCUT2D eigenvalue weighted by Crippen LogP contribution is 2.21. The lowest BCUT2D eigenvalue weighted by molar-refractivity contribution is 0.102. The molecule has 4 N–H and O–H groups in total. The number of amidine groups is 1. The van der Waals surface area contributed by atoms with E-state index >= 15 is 0 Å². The fraction of sp³-hybridized carbons (Fsp3) is 0.0400. The first-order valence-corrected chi connectivity index (χ1v) is 9.55. The standard InChI is InChI=1S/C25H21N3O2/c26-24(27)20-11-9-19-14-21(12-10-18(19)13-20)25(29)28-22-7-4-8-23(15-22)30-16-17-5-2-1-3-6-17/h1-15H,16H2,(H3,26,27)(H,28,29). The molecule has 4 rings (SSSR count). The molecule has 5 heteroatoms. The Hall–Kier alpha value is -4.12. The SMILES string of the molecule is N=C(N)c1ccc2cc(C(=O)Nc3cccc(OCc4ccccc4)c3)ccc2c1. The Labute approximate surface area is 174 Å². The molecule has 0 aromatic heterocycles. The van der Waals surface area contributed by atoms with Crippen LogP contribution in [0.15, 0.2) is 91.0 Å². The van der Waals surface area contributed by atoms with Crippen LogP contribution in [0.1, 0.15) is 21.5 Å². The van der Waals surface area contributed by atoms with Crippen LogP contribution in [0.25, 0.3) is 10.8 Å². The van der Waals surface area contributed by atoms with Crippen molar-refractivity contribution in [2.45, 2.75) is 6.61 Å². The Kier molecular flexibility index (Phi) is 5.44. The Bertz CT molecular complexity index is 1220. The van der Waals surface area contributed by atoms with Crippen molar-refractivity contribution in [1.82, 2.24) is 0 Å². The van der Waals surface area contributed by atoms with Crippen LogP contribution in [0.4, 0.5) is 5.69 Å². The highest BCUT2D eigenvalue weighted by atomic mass is 16.5. The number of benzene rings is 4. The number of ether oxygens (including phenoxy) is 1. The van der Waals surface area contributed by atoms with Crippen molar-refractivity contribution < 1.29 is 9.53 Å². The summed E-state index contributed by atoms with van der Waals surface area (Å²) in [7, 11) is 0. The number of anilines is 1. The number of nitrogen functional groups attached to an aromatic ring is 1. The molecule has 1 amide bonds. The highest BCUT2D eigenvalue weighted by molar-refractivity contribution is 6.07. The number of carbonyl (C=O) groups excluding carboxylic acids is 1. The van der Waals surface area contributed by atoms with Gasteiger partial charge in [-0.15, -0.1) is 0 Å². The average molecular weight is 395 g/mol. The molecule has 5 nitrogen and oxygen atoms in total. The minimum atomic E-state index is -0.201. The number of nitrogens with one attached hydrogen (secondary N) is 2. The lowest BCUT2D eigenvalue weighted by Crippen LogP contribution is -2.12. The fourth-order valence-electron chi connectivity index (χ4n) is 3.16. The van der Waals surface area contributed by atoms with Gasteiger partial charge in [-0.1, -0.05) is 54.6 Å². The molecule has 0 radical (unpaired) electrons. The van der Waals surface area contributed by atoms with E-state index in [2.05, 4.69) is 5.32 Å². The van der Waals surface area contributed by atoms with Crippen LogP contribution in [-0.4, -0.2) is 11.7 Å². The second kappa shape index (κ2) is 8.49. The Balaban J connectivity index is 1.46. The van der Waals surface area contributed by atoms with Gasteiger partial charge < -0.3 is 15.8 Å². The van der Waals surface area contributed by atoms with Gasteiger partial charge >= 0.3 is 0 Å². The molecule has 30 heavy (non-hydrogen) atoms. The quantitative estimate of drug-likeness (QED) is 0.319. The van der Waals surface area contributed by atoms with Gasteiger partial charge in [0.2, 0.25) is 0 Å². The van der Waals surface area contributed by atoms with Crippen LogP contribution in [0.3, 0.4) is 0 Å². The van der Waals surface area contributed by atoms with Gasteiger partial charge in [-0.2, -0.15) is 0 Å². The zero-order valence-electron chi connectivity index (χ0n) is 16.3. The third kappa shape index (κ3) is 4.47. The zero-order valence-corrected chi connectivity index (χ0v) is 16.3. The van der Waals surface area contributed by atoms with E-state index in [1.165, 1.54) is 0 Å². The molecule has 0 aliphatic rings. The minimum absolute atomic E-state index is 0.0214. The smallest absolute Gasteiger partial charge is 0.255 e. The maximum Gasteiger partial charge on any atom is 0.255 e. The number of rotatable bonds is 6. The molecule has 0 fully saturated rings. The first kappa shape index (κ1) is 19.2. The zero-order chi connectivity index (χ0) is 20.9. The summed E-state index contributed by atoms with van der Waals surface area (Å²) in [6.07, 6.45) is 0. The summed E-state index contributed by atoms with van der Waals surface area (Å²) in [6.45, 7) is 0.463. The van der Waals surface area contributed by atoms with Gasteiger partial charge in [0.1, 0.15) is 18.2 Å². The van der Waals surface area contributed by atoms with E-state index in [1.807, 2.05) is 72.8 Å². The van der Waals surface area contributed by atoms with Crippen LogP contribution in [0.5, 0.6) is 5.75 Å². The molecular formula is C25H21N3O2. The van der Waals surface area contributed by atoms with E-state index < -0.39 is 0 Å². The van der Waals surface area contributed by atoms with Gasteiger partial charge in [0, 0.05) is 22.9 Å². The second-order valence-electron chi connectivity index (χ2n) is 6.95. The van der Waals surface area contributed by atoms with E-state index in [1.54, 1.807) is 18.2 Å². The van der Waals surface area contributed by atoms with Crippen molar-refractivity contribution in [3.05, 3.63) is 108 Å². The second-order valence-corrected chi connectivity index (χ2v) is 6.95. The van der Waals surface area contributed by atoms with Crippen LogP contribution in [0, 0.1) is 5.41 Å². The van der Waals surface area contributed by atoms with E-state index in [9.17, 15) is 4.79 Å². The minimum Gasteiger partial charge on any atom is -0.489 e. The van der Waals surface area contributed by atoms with Crippen molar-refractivity contribution in [3.8, 4) is 5.75 Å². The van der Waals surface area contributed by atoms with E-state index in [0.717, 1.165) is 16.3 Å². The van der Waals surface area contributed by atoms with Gasteiger partial charge in [-0.05, 0) is 46.7 Å². The van der Waals surface area contributed by atoms with Gasteiger partial charge in [-0.25, -0.2) is 0 Å². The number of carbonyl (C=O) groups is 1. The van der Waals surface area contributed by atoms with Gasteiger partial charge in [0.15, 0.2) is 0 Å². The fourth-order valence-corrected chi connectivity index (χ4v) is 3.16. The lowest BCUT2D eigenvalue weighted by atomic mass is 10.0. The average Bonchev–Trinajstić information content (AvgIpc) is 2.78. The van der Waals surface area contributed by atoms with Crippen molar-refractivity contribution in [2.24, 2.45) is 5.73 Å². The summed E-state index contributed by atoms with van der Waals surface area (Å²) in [6, 6.07) is 28.2. The first-order chi connectivity index (χ1) is 14.6. The highest BCUT2D eigenvalue weighted by Gasteiger charge is 2.09. The third-order valence-corrected chi connectivity index (χ3v) is 4.75. The van der Waals surface area contributed by atoms with Crippen LogP contribution >= 0.6 is 0 Å². The predicted octanol–water partition coefficient (Wildman–Crippen LogP) is 4.96. The predicted molar refractivity (Wildman–Crippen MR) is 120 cm³/mol. The topological polar surface area (TPSA) is 88.2 Å². The molecule has 4 aromatic rings. The third-order valence-electron chi connectivity index (χ3n) is 4.75. The molecule has 0 bridgehead atoms.